The average Bonchev–Trinajstić information content (AvgIpc) is 3.13. The van der Waals surface area contributed by atoms with Crippen molar-refractivity contribution >= 4 is 28.9 Å². The van der Waals surface area contributed by atoms with E-state index < -0.39 is 23.5 Å². The molecule has 2 fully saturated rings. The third-order valence-electron chi connectivity index (χ3n) is 7.46. The second-order valence-electron chi connectivity index (χ2n) is 9.90. The van der Waals surface area contributed by atoms with Crippen molar-refractivity contribution in [1.29, 1.82) is 0 Å². The Morgan fingerprint density at radius 2 is 1.71 bits per heavy atom. The van der Waals surface area contributed by atoms with E-state index in [0.717, 1.165) is 36.7 Å². The van der Waals surface area contributed by atoms with Crippen molar-refractivity contribution in [2.45, 2.75) is 43.7 Å². The SMILES string of the molecule is O=C(CN1CC2CCC(C1)N2c1ccc(C(F)(F)F)cn1)N1CC=C(c2ccc(Cl)c(C(F)(F)F)c2)CC1. The lowest BCUT2D eigenvalue weighted by Crippen LogP contribution is -2.56. The zero-order valence-electron chi connectivity index (χ0n) is 20.2. The van der Waals surface area contributed by atoms with Gasteiger partial charge in [0, 0.05) is 44.5 Å². The van der Waals surface area contributed by atoms with Crippen LogP contribution < -0.4 is 4.90 Å². The van der Waals surface area contributed by atoms with Crippen LogP contribution in [-0.2, 0) is 17.1 Å². The molecule has 38 heavy (non-hydrogen) atoms. The number of fused-ring (bicyclic) bond motifs is 2. The van der Waals surface area contributed by atoms with Crippen LogP contribution in [0.25, 0.3) is 5.57 Å². The third kappa shape index (κ3) is 5.49. The predicted molar refractivity (Wildman–Crippen MR) is 131 cm³/mol. The zero-order valence-corrected chi connectivity index (χ0v) is 21.0. The molecular formula is C26H25ClF6N4O. The largest absolute Gasteiger partial charge is 0.417 e. The maximum atomic E-state index is 13.2. The molecule has 12 heteroatoms. The van der Waals surface area contributed by atoms with Crippen LogP contribution in [0.2, 0.25) is 5.02 Å². The van der Waals surface area contributed by atoms with Crippen LogP contribution in [0.4, 0.5) is 32.2 Å². The Kier molecular flexibility index (Phi) is 7.10. The second kappa shape index (κ2) is 10.1. The van der Waals surface area contributed by atoms with Gasteiger partial charge in [0.25, 0.3) is 0 Å². The maximum Gasteiger partial charge on any atom is 0.417 e. The van der Waals surface area contributed by atoms with Crippen LogP contribution in [0.3, 0.4) is 0 Å². The van der Waals surface area contributed by atoms with Crippen molar-refractivity contribution in [3.63, 3.8) is 0 Å². The number of nitrogens with zero attached hydrogens (tertiary/aromatic N) is 4. The number of hydrogen-bond donors (Lipinski definition) is 0. The van der Waals surface area contributed by atoms with Crippen molar-refractivity contribution < 1.29 is 31.1 Å². The first-order valence-electron chi connectivity index (χ1n) is 12.3. The van der Waals surface area contributed by atoms with Crippen LogP contribution in [0, 0.1) is 0 Å². The lowest BCUT2D eigenvalue weighted by Gasteiger charge is -2.42. The molecule has 2 saturated heterocycles. The minimum absolute atomic E-state index is 0.0615. The summed E-state index contributed by atoms with van der Waals surface area (Å²) in [6.45, 7) is 2.12. The van der Waals surface area contributed by atoms with E-state index in [9.17, 15) is 31.1 Å². The smallest absolute Gasteiger partial charge is 0.348 e. The first-order chi connectivity index (χ1) is 17.9. The highest BCUT2D eigenvalue weighted by molar-refractivity contribution is 6.31. The van der Waals surface area contributed by atoms with Gasteiger partial charge in [0.1, 0.15) is 5.82 Å². The van der Waals surface area contributed by atoms with Gasteiger partial charge in [-0.25, -0.2) is 4.98 Å². The first kappa shape index (κ1) is 26.8. The number of carbonyl (C=O) groups is 1. The molecule has 5 nitrogen and oxygen atoms in total. The number of likely N-dealkylation sites (tertiary alicyclic amines) is 1. The minimum Gasteiger partial charge on any atom is -0.348 e. The van der Waals surface area contributed by atoms with Gasteiger partial charge >= 0.3 is 12.4 Å². The number of hydrogen-bond acceptors (Lipinski definition) is 4. The van der Waals surface area contributed by atoms with Gasteiger partial charge in [-0.1, -0.05) is 23.7 Å². The van der Waals surface area contributed by atoms with Gasteiger partial charge in [0.05, 0.1) is 22.7 Å². The molecule has 204 valence electrons. The summed E-state index contributed by atoms with van der Waals surface area (Å²) in [4.78, 5) is 22.9. The Morgan fingerprint density at radius 3 is 2.26 bits per heavy atom. The van der Waals surface area contributed by atoms with Gasteiger partial charge < -0.3 is 9.80 Å². The number of pyridine rings is 1. The number of alkyl halides is 6. The molecule has 2 atom stereocenters. The molecule has 2 bridgehead atoms. The van der Waals surface area contributed by atoms with Gasteiger partial charge in [-0.05, 0) is 54.7 Å². The monoisotopic (exact) mass is 558 g/mol. The van der Waals surface area contributed by atoms with Gasteiger partial charge in [-0.3, -0.25) is 9.69 Å². The summed E-state index contributed by atoms with van der Waals surface area (Å²) >= 11 is 5.72. The Balaban J connectivity index is 1.18. The molecule has 1 aromatic carbocycles. The van der Waals surface area contributed by atoms with E-state index in [-0.39, 0.29) is 29.6 Å². The highest BCUT2D eigenvalue weighted by Crippen LogP contribution is 2.38. The molecular weight excluding hydrogens is 534 g/mol. The van der Waals surface area contributed by atoms with Crippen LogP contribution in [0.15, 0.2) is 42.6 Å². The average molecular weight is 559 g/mol. The number of anilines is 1. The molecule has 3 aliphatic heterocycles. The Bertz CT molecular complexity index is 1220. The molecule has 4 heterocycles. The minimum atomic E-state index is -4.55. The number of aromatic nitrogens is 1. The van der Waals surface area contributed by atoms with Gasteiger partial charge in [0.15, 0.2) is 0 Å². The summed E-state index contributed by atoms with van der Waals surface area (Å²) in [5.74, 6) is 0.453. The molecule has 0 N–H and O–H groups in total. The third-order valence-corrected chi connectivity index (χ3v) is 7.79. The summed E-state index contributed by atoms with van der Waals surface area (Å²) in [5.41, 5.74) is -0.477. The summed E-state index contributed by atoms with van der Waals surface area (Å²) < 4.78 is 78.3. The predicted octanol–water partition coefficient (Wildman–Crippen LogP) is 5.74. The van der Waals surface area contributed by atoms with E-state index >= 15 is 0 Å². The van der Waals surface area contributed by atoms with Gasteiger partial charge in [-0.2, -0.15) is 26.3 Å². The van der Waals surface area contributed by atoms with Crippen LogP contribution in [0.1, 0.15) is 36.0 Å². The Morgan fingerprint density at radius 1 is 1.00 bits per heavy atom. The summed E-state index contributed by atoms with van der Waals surface area (Å²) in [5, 5.41) is -0.349. The number of piperazine rings is 1. The molecule has 0 aliphatic carbocycles. The standard InChI is InChI=1S/C26H25ClF6N4O/c27-22-5-1-17(11-21(22)26(31,32)33)16-7-9-36(10-8-16)24(38)15-35-13-19-3-4-20(14-35)37(19)23-6-2-18(12-34-23)25(28,29)30/h1-2,5-7,11-12,19-20H,3-4,8-10,13-15H2. The van der Waals surface area contributed by atoms with Gasteiger partial charge in [0.2, 0.25) is 5.91 Å². The van der Waals surface area contributed by atoms with E-state index in [1.54, 1.807) is 17.0 Å². The van der Waals surface area contributed by atoms with Crippen molar-refractivity contribution in [2.75, 3.05) is 37.6 Å². The maximum absolute atomic E-state index is 13.2. The molecule has 3 aliphatic rings. The number of rotatable bonds is 4. The second-order valence-corrected chi connectivity index (χ2v) is 10.3. The lowest BCUT2D eigenvalue weighted by molar-refractivity contribution is -0.138. The van der Waals surface area contributed by atoms with Crippen molar-refractivity contribution in [1.82, 2.24) is 14.8 Å². The number of carbonyl (C=O) groups excluding carboxylic acids is 1. The Hall–Kier alpha value is -2.79. The fourth-order valence-corrected chi connectivity index (χ4v) is 5.82. The summed E-state index contributed by atoms with van der Waals surface area (Å²) in [6.07, 6.45) is -4.17. The van der Waals surface area contributed by atoms with Crippen LogP contribution >= 0.6 is 11.6 Å². The van der Waals surface area contributed by atoms with Crippen molar-refractivity contribution in [2.24, 2.45) is 0 Å². The topological polar surface area (TPSA) is 39.7 Å². The fraction of sp³-hybridized carbons (Fsp3) is 0.462. The van der Waals surface area contributed by atoms with E-state index in [1.807, 2.05) is 0 Å². The quantitative estimate of drug-likeness (QED) is 0.449. The highest BCUT2D eigenvalue weighted by Gasteiger charge is 2.42. The number of amides is 1. The number of benzene rings is 1. The highest BCUT2D eigenvalue weighted by atomic mass is 35.5. The molecule has 0 spiro atoms. The van der Waals surface area contributed by atoms with Crippen molar-refractivity contribution in [3.8, 4) is 0 Å². The molecule has 2 unspecified atom stereocenters. The van der Waals surface area contributed by atoms with Crippen LogP contribution in [-0.4, -0.2) is 65.5 Å². The van der Waals surface area contributed by atoms with Crippen molar-refractivity contribution in [3.05, 3.63) is 64.3 Å². The summed E-state index contributed by atoms with van der Waals surface area (Å²) in [7, 11) is 0. The van der Waals surface area contributed by atoms with E-state index in [2.05, 4.69) is 14.8 Å². The number of halogens is 7. The molecule has 5 rings (SSSR count). The van der Waals surface area contributed by atoms with E-state index in [0.29, 0.717) is 44.0 Å². The lowest BCUT2D eigenvalue weighted by atomic mass is 9.97. The fourth-order valence-electron chi connectivity index (χ4n) is 5.59. The molecule has 2 aromatic rings. The summed E-state index contributed by atoms with van der Waals surface area (Å²) in [6, 6.07) is 6.42. The Labute approximate surface area is 220 Å². The molecule has 0 radical (unpaired) electrons. The normalized spacial score (nSPS) is 22.6. The van der Waals surface area contributed by atoms with E-state index in [1.165, 1.54) is 12.1 Å². The molecule has 0 saturated carbocycles. The molecule has 1 amide bonds. The van der Waals surface area contributed by atoms with Gasteiger partial charge in [-0.15, -0.1) is 0 Å². The van der Waals surface area contributed by atoms with Crippen LogP contribution in [0.5, 0.6) is 0 Å². The first-order valence-corrected chi connectivity index (χ1v) is 12.7. The van der Waals surface area contributed by atoms with E-state index in [4.69, 9.17) is 11.6 Å². The zero-order chi connectivity index (χ0) is 27.2. The molecule has 1 aromatic heterocycles.